The number of benzene rings is 2. The van der Waals surface area contributed by atoms with E-state index in [1.165, 1.54) is 81.9 Å². The van der Waals surface area contributed by atoms with Crippen LogP contribution in [0.4, 0.5) is 10.5 Å². The molecule has 0 bridgehead atoms. The summed E-state index contributed by atoms with van der Waals surface area (Å²) in [5.41, 5.74) is 3.68. The second-order valence-corrected chi connectivity index (χ2v) is 12.2. The summed E-state index contributed by atoms with van der Waals surface area (Å²) in [5, 5.41) is 0. The van der Waals surface area contributed by atoms with Gasteiger partial charge in [0, 0.05) is 37.8 Å². The van der Waals surface area contributed by atoms with Gasteiger partial charge in [-0.3, -0.25) is 4.90 Å². The first-order valence-corrected chi connectivity index (χ1v) is 15.2. The molecule has 38 heavy (non-hydrogen) atoms. The van der Waals surface area contributed by atoms with Gasteiger partial charge in [-0.25, -0.2) is 4.79 Å². The van der Waals surface area contributed by atoms with Gasteiger partial charge >= 0.3 is 6.03 Å². The fourth-order valence-electron chi connectivity index (χ4n) is 7.73. The summed E-state index contributed by atoms with van der Waals surface area (Å²) < 4.78 is 0. The maximum atomic E-state index is 14.5. The molecule has 2 saturated carbocycles. The van der Waals surface area contributed by atoms with E-state index >= 15 is 0 Å². The first kappa shape index (κ1) is 27.5. The molecule has 0 aromatic heterocycles. The Hall–Kier alpha value is -2.04. The minimum Gasteiger partial charge on any atom is -0.310 e. The van der Waals surface area contributed by atoms with Crippen LogP contribution in [0.2, 0.25) is 0 Å². The first-order chi connectivity index (χ1) is 18.3. The summed E-state index contributed by atoms with van der Waals surface area (Å²) in [7, 11) is 0. The van der Waals surface area contributed by atoms with Gasteiger partial charge in [0.1, 0.15) is 0 Å². The molecule has 4 aliphatic rings. The molecule has 0 N–H and O–H groups in total. The Bertz CT molecular complexity index is 1030. The third kappa shape index (κ3) is 5.92. The monoisotopic (exact) mass is 535 g/mol. The predicted molar refractivity (Wildman–Crippen MR) is 159 cm³/mol. The van der Waals surface area contributed by atoms with Gasteiger partial charge in [0.05, 0.1) is 11.7 Å². The number of hydrogen-bond acceptors (Lipinski definition) is 2. The van der Waals surface area contributed by atoms with Crippen molar-refractivity contribution in [2.24, 2.45) is 11.8 Å². The minimum atomic E-state index is 0. The topological polar surface area (TPSA) is 26.8 Å². The van der Waals surface area contributed by atoms with Crippen LogP contribution < -0.4 is 4.90 Å². The molecule has 6 rings (SSSR count). The molecule has 0 radical (unpaired) electrons. The quantitative estimate of drug-likeness (QED) is 0.374. The molecular weight excluding hydrogens is 490 g/mol. The van der Waals surface area contributed by atoms with E-state index in [0.29, 0.717) is 12.0 Å². The second-order valence-electron chi connectivity index (χ2n) is 12.2. The van der Waals surface area contributed by atoms with Crippen LogP contribution in [0.15, 0.2) is 54.6 Å². The van der Waals surface area contributed by atoms with Crippen molar-refractivity contribution < 1.29 is 4.79 Å². The van der Waals surface area contributed by atoms with E-state index in [0.717, 1.165) is 44.1 Å². The van der Waals surface area contributed by atoms with Crippen LogP contribution in [0, 0.1) is 11.8 Å². The van der Waals surface area contributed by atoms with Crippen LogP contribution in [0.25, 0.3) is 0 Å². The number of hydrogen-bond donors (Lipinski definition) is 0. The van der Waals surface area contributed by atoms with Crippen molar-refractivity contribution in [1.82, 2.24) is 9.80 Å². The lowest BCUT2D eigenvalue weighted by molar-refractivity contribution is 0.0921. The van der Waals surface area contributed by atoms with Gasteiger partial charge in [0.2, 0.25) is 0 Å². The smallest absolute Gasteiger partial charge is 0.310 e. The SMILES string of the molecule is Cl.O=C1N(CC2CCCCC2)c2ccccc2C(c2ccccc2)N1C1CCN(CC2CCCCC2)CC1. The van der Waals surface area contributed by atoms with Crippen molar-refractivity contribution in [1.29, 1.82) is 0 Å². The normalized spacial score (nSPS) is 24.2. The summed E-state index contributed by atoms with van der Waals surface area (Å²) in [6.45, 7) is 4.38. The van der Waals surface area contributed by atoms with Gasteiger partial charge < -0.3 is 9.80 Å². The highest BCUT2D eigenvalue weighted by atomic mass is 35.5. The van der Waals surface area contributed by atoms with E-state index in [9.17, 15) is 4.79 Å². The molecule has 2 amide bonds. The fourth-order valence-corrected chi connectivity index (χ4v) is 7.73. The molecule has 2 aromatic carbocycles. The van der Waals surface area contributed by atoms with E-state index < -0.39 is 0 Å². The van der Waals surface area contributed by atoms with Gasteiger partial charge in [-0.1, -0.05) is 87.1 Å². The maximum Gasteiger partial charge on any atom is 0.325 e. The molecule has 5 heteroatoms. The van der Waals surface area contributed by atoms with E-state index in [1.54, 1.807) is 0 Å². The molecule has 1 unspecified atom stereocenters. The average molecular weight is 536 g/mol. The highest BCUT2D eigenvalue weighted by Crippen LogP contribution is 2.44. The molecule has 1 saturated heterocycles. The lowest BCUT2D eigenvalue weighted by atomic mass is 9.86. The Morgan fingerprint density at radius 3 is 1.89 bits per heavy atom. The number of anilines is 1. The maximum absolute atomic E-state index is 14.5. The van der Waals surface area contributed by atoms with Crippen molar-refractivity contribution in [3.05, 3.63) is 65.7 Å². The summed E-state index contributed by atoms with van der Waals surface area (Å²) in [6, 6.07) is 20.1. The Kier molecular flexibility index (Phi) is 9.33. The number of halogens is 1. The standard InChI is InChI=1S/C33H45N3O.ClH/c37-33-35(25-27-14-6-2-7-15-27)31-19-11-10-18-30(31)32(28-16-8-3-9-17-28)36(33)29-20-22-34(23-21-29)24-26-12-4-1-5-13-26;/h3,8-11,16-19,26-27,29,32H,1-2,4-7,12-15,20-25H2;1H. The molecule has 3 fully saturated rings. The van der Waals surface area contributed by atoms with Gasteiger partial charge in [-0.2, -0.15) is 0 Å². The highest BCUT2D eigenvalue weighted by molar-refractivity contribution is 5.96. The summed E-state index contributed by atoms with van der Waals surface area (Å²) in [6.07, 6.45) is 15.7. The molecule has 1 atom stereocenters. The number of carbonyl (C=O) groups excluding carboxylic acids is 1. The number of fused-ring (bicyclic) bond motifs is 1. The molecule has 2 heterocycles. The zero-order valence-electron chi connectivity index (χ0n) is 23.0. The van der Waals surface area contributed by atoms with Crippen LogP contribution in [-0.4, -0.2) is 48.1 Å². The van der Waals surface area contributed by atoms with Gasteiger partial charge in [-0.15, -0.1) is 12.4 Å². The Labute approximate surface area is 236 Å². The zero-order chi connectivity index (χ0) is 25.0. The van der Waals surface area contributed by atoms with Crippen LogP contribution >= 0.6 is 12.4 Å². The van der Waals surface area contributed by atoms with Crippen LogP contribution in [0.3, 0.4) is 0 Å². The summed E-state index contributed by atoms with van der Waals surface area (Å²) in [4.78, 5) is 21.7. The molecular formula is C33H46ClN3O. The predicted octanol–water partition coefficient (Wildman–Crippen LogP) is 8.06. The van der Waals surface area contributed by atoms with Crippen molar-refractivity contribution in [2.45, 2.75) is 89.1 Å². The third-order valence-corrected chi connectivity index (χ3v) is 9.72. The first-order valence-electron chi connectivity index (χ1n) is 15.2. The van der Waals surface area contributed by atoms with Crippen LogP contribution in [0.5, 0.6) is 0 Å². The minimum absolute atomic E-state index is 0. The van der Waals surface area contributed by atoms with Crippen LogP contribution in [-0.2, 0) is 0 Å². The van der Waals surface area contributed by atoms with E-state index in [1.807, 2.05) is 0 Å². The fraction of sp³-hybridized carbons (Fsp3) is 0.606. The van der Waals surface area contributed by atoms with Gasteiger partial charge in [-0.05, 0) is 62.0 Å². The van der Waals surface area contributed by atoms with Crippen LogP contribution in [0.1, 0.15) is 94.2 Å². The van der Waals surface area contributed by atoms with Crippen molar-refractivity contribution in [2.75, 3.05) is 31.1 Å². The van der Waals surface area contributed by atoms with Gasteiger partial charge in [0.25, 0.3) is 0 Å². The number of piperidine rings is 1. The molecule has 0 spiro atoms. The zero-order valence-corrected chi connectivity index (χ0v) is 23.8. The van der Waals surface area contributed by atoms with Crippen molar-refractivity contribution in [3.8, 4) is 0 Å². The second kappa shape index (κ2) is 12.9. The molecule has 206 valence electrons. The number of urea groups is 1. The molecule has 2 aliphatic carbocycles. The molecule has 2 aliphatic heterocycles. The summed E-state index contributed by atoms with van der Waals surface area (Å²) >= 11 is 0. The van der Waals surface area contributed by atoms with E-state index in [2.05, 4.69) is 69.3 Å². The van der Waals surface area contributed by atoms with Gasteiger partial charge in [0.15, 0.2) is 0 Å². The number of likely N-dealkylation sites (tertiary alicyclic amines) is 1. The highest BCUT2D eigenvalue weighted by Gasteiger charge is 2.43. The Morgan fingerprint density at radius 2 is 1.24 bits per heavy atom. The number of carbonyl (C=O) groups is 1. The number of para-hydroxylation sites is 1. The number of amides is 2. The summed E-state index contributed by atoms with van der Waals surface area (Å²) in [5.74, 6) is 1.51. The van der Waals surface area contributed by atoms with Crippen molar-refractivity contribution >= 4 is 24.1 Å². The largest absolute Gasteiger partial charge is 0.325 e. The van der Waals surface area contributed by atoms with E-state index in [-0.39, 0.29) is 24.5 Å². The molecule has 4 nitrogen and oxygen atoms in total. The lowest BCUT2D eigenvalue weighted by Gasteiger charge is -2.49. The Balaban J connectivity index is 0.00000294. The molecule has 2 aromatic rings. The Morgan fingerprint density at radius 1 is 0.658 bits per heavy atom. The van der Waals surface area contributed by atoms with Crippen molar-refractivity contribution in [3.63, 3.8) is 0 Å². The number of rotatable bonds is 6. The average Bonchev–Trinajstić information content (AvgIpc) is 2.96. The lowest BCUT2D eigenvalue weighted by Crippen LogP contribution is -2.57. The third-order valence-electron chi connectivity index (χ3n) is 9.72. The number of nitrogens with zero attached hydrogens (tertiary/aromatic N) is 3. The van der Waals surface area contributed by atoms with E-state index in [4.69, 9.17) is 0 Å².